The Morgan fingerprint density at radius 2 is 2.21 bits per heavy atom. The molecule has 0 radical (unpaired) electrons. The van der Waals surface area contributed by atoms with Crippen LogP contribution in [-0.4, -0.2) is 34.5 Å². The van der Waals surface area contributed by atoms with Gasteiger partial charge in [-0.05, 0) is 25.0 Å². The van der Waals surface area contributed by atoms with Crippen molar-refractivity contribution >= 4 is 28.7 Å². The molecule has 0 aliphatic carbocycles. The molecule has 2 aliphatic heterocycles. The fourth-order valence-electron chi connectivity index (χ4n) is 1.60. The van der Waals surface area contributed by atoms with Crippen molar-refractivity contribution in [3.8, 4) is 0 Å². The number of aliphatic imine (C=N–C) groups is 1. The van der Waals surface area contributed by atoms with Crippen LogP contribution < -0.4 is 5.32 Å². The summed E-state index contributed by atoms with van der Waals surface area (Å²) >= 11 is 3.94. The minimum absolute atomic E-state index is 0.493. The molecule has 3 unspecified atom stereocenters. The molecular weight excluding hydrogens is 212 g/mol. The number of rotatable bonds is 1. The lowest BCUT2D eigenvalue weighted by atomic mass is 10.1. The molecule has 0 spiro atoms. The first kappa shape index (κ1) is 10.7. The molecule has 80 valence electrons. The van der Waals surface area contributed by atoms with Crippen molar-refractivity contribution in [2.45, 2.75) is 32.4 Å². The summed E-state index contributed by atoms with van der Waals surface area (Å²) in [6, 6.07) is 1.17. The summed E-state index contributed by atoms with van der Waals surface area (Å²) in [5, 5.41) is 4.74. The van der Waals surface area contributed by atoms with Gasteiger partial charge in [-0.1, -0.05) is 18.7 Å². The number of hydrogen-bond acceptors (Lipinski definition) is 4. The minimum atomic E-state index is 0.493. The average Bonchev–Trinajstić information content (AvgIpc) is 2.64. The summed E-state index contributed by atoms with van der Waals surface area (Å²) in [4.78, 5) is 4.69. The van der Waals surface area contributed by atoms with E-state index in [1.807, 2.05) is 23.5 Å². The first-order chi connectivity index (χ1) is 6.75. The molecule has 2 aliphatic rings. The molecule has 4 heteroatoms. The van der Waals surface area contributed by atoms with Crippen molar-refractivity contribution < 1.29 is 0 Å². The van der Waals surface area contributed by atoms with Gasteiger partial charge in [0.2, 0.25) is 0 Å². The molecule has 0 amide bonds. The van der Waals surface area contributed by atoms with Crippen molar-refractivity contribution in [2.24, 2.45) is 10.9 Å². The lowest BCUT2D eigenvalue weighted by Crippen LogP contribution is -2.37. The maximum Gasteiger partial charge on any atom is 0.157 e. The number of nitrogens with zero attached hydrogens (tertiary/aromatic N) is 1. The van der Waals surface area contributed by atoms with Crippen LogP contribution in [0.1, 0.15) is 20.3 Å². The van der Waals surface area contributed by atoms with Gasteiger partial charge in [0.15, 0.2) is 5.17 Å². The summed E-state index contributed by atoms with van der Waals surface area (Å²) in [7, 11) is 0. The molecule has 0 aromatic carbocycles. The second-order valence-electron chi connectivity index (χ2n) is 4.17. The third kappa shape index (κ3) is 2.60. The molecule has 0 aromatic rings. The Kier molecular flexibility index (Phi) is 3.66. The number of nitrogens with one attached hydrogen (secondary N) is 1. The zero-order chi connectivity index (χ0) is 9.97. The molecule has 2 nitrogen and oxygen atoms in total. The second kappa shape index (κ2) is 4.79. The van der Waals surface area contributed by atoms with Crippen LogP contribution in [0.15, 0.2) is 4.99 Å². The predicted molar refractivity (Wildman–Crippen MR) is 67.4 cm³/mol. The van der Waals surface area contributed by atoms with Crippen molar-refractivity contribution in [2.75, 3.05) is 17.3 Å². The highest BCUT2D eigenvalue weighted by molar-refractivity contribution is 8.13. The van der Waals surface area contributed by atoms with E-state index >= 15 is 0 Å². The zero-order valence-electron chi connectivity index (χ0n) is 8.82. The van der Waals surface area contributed by atoms with Crippen molar-refractivity contribution in [1.82, 2.24) is 5.32 Å². The zero-order valence-corrected chi connectivity index (χ0v) is 10.5. The smallest absolute Gasteiger partial charge is 0.157 e. The summed E-state index contributed by atoms with van der Waals surface area (Å²) in [5.74, 6) is 4.50. The number of amidine groups is 1. The SMILES string of the molecule is CC1CSC(NC2CCSC2)=NC1C. The third-order valence-electron chi connectivity index (χ3n) is 2.88. The van der Waals surface area contributed by atoms with E-state index in [4.69, 9.17) is 0 Å². The van der Waals surface area contributed by atoms with Gasteiger partial charge in [-0.2, -0.15) is 11.8 Å². The minimum Gasteiger partial charge on any atom is -0.361 e. The second-order valence-corrected chi connectivity index (χ2v) is 6.33. The maximum atomic E-state index is 4.69. The fourth-order valence-corrected chi connectivity index (χ4v) is 3.94. The predicted octanol–water partition coefficient (Wildman–Crippen LogP) is 2.21. The van der Waals surface area contributed by atoms with E-state index < -0.39 is 0 Å². The molecule has 0 bridgehead atoms. The number of hydrogen-bond donors (Lipinski definition) is 1. The molecule has 14 heavy (non-hydrogen) atoms. The lowest BCUT2D eigenvalue weighted by molar-refractivity contribution is 0.531. The van der Waals surface area contributed by atoms with Gasteiger partial charge >= 0.3 is 0 Å². The number of thioether (sulfide) groups is 2. The standard InChI is InChI=1S/C10H18N2S2/c1-7-5-14-10(11-8(7)2)12-9-3-4-13-6-9/h7-9H,3-6H2,1-2H3,(H,11,12). The first-order valence-corrected chi connectivity index (χ1v) is 7.44. The normalized spacial score (nSPS) is 38.1. The highest BCUT2D eigenvalue weighted by atomic mass is 32.2. The van der Waals surface area contributed by atoms with Crippen molar-refractivity contribution in [1.29, 1.82) is 0 Å². The monoisotopic (exact) mass is 230 g/mol. The Hall–Kier alpha value is 0.170. The van der Waals surface area contributed by atoms with Gasteiger partial charge in [-0.25, -0.2) is 0 Å². The lowest BCUT2D eigenvalue weighted by Gasteiger charge is -2.25. The van der Waals surface area contributed by atoms with Crippen LogP contribution in [0.25, 0.3) is 0 Å². The van der Waals surface area contributed by atoms with Crippen molar-refractivity contribution in [3.05, 3.63) is 0 Å². The van der Waals surface area contributed by atoms with Gasteiger partial charge < -0.3 is 5.32 Å². The Bertz CT molecular complexity index is 224. The molecule has 1 fully saturated rings. The highest BCUT2D eigenvalue weighted by Crippen LogP contribution is 2.23. The molecule has 1 saturated heterocycles. The van der Waals surface area contributed by atoms with Gasteiger partial charge in [0, 0.05) is 17.5 Å². The van der Waals surface area contributed by atoms with Crippen LogP contribution in [0.5, 0.6) is 0 Å². The van der Waals surface area contributed by atoms with E-state index in [0.29, 0.717) is 12.1 Å². The van der Waals surface area contributed by atoms with E-state index in [1.54, 1.807) is 0 Å². The van der Waals surface area contributed by atoms with Crippen molar-refractivity contribution in [3.63, 3.8) is 0 Å². The third-order valence-corrected chi connectivity index (χ3v) is 5.24. The van der Waals surface area contributed by atoms with E-state index in [0.717, 1.165) is 5.92 Å². The van der Waals surface area contributed by atoms with Crippen LogP contribution >= 0.6 is 23.5 Å². The molecule has 1 N–H and O–H groups in total. The molecule has 2 rings (SSSR count). The Morgan fingerprint density at radius 3 is 2.86 bits per heavy atom. The van der Waals surface area contributed by atoms with Crippen LogP contribution in [0.4, 0.5) is 0 Å². The summed E-state index contributed by atoms with van der Waals surface area (Å²) < 4.78 is 0. The molecule has 0 saturated carbocycles. The van der Waals surface area contributed by atoms with Crippen LogP contribution in [0.2, 0.25) is 0 Å². The Morgan fingerprint density at radius 1 is 1.36 bits per heavy atom. The van der Waals surface area contributed by atoms with Crippen LogP contribution in [0, 0.1) is 5.92 Å². The molecular formula is C10H18N2S2. The molecule has 2 heterocycles. The molecule has 0 aromatic heterocycles. The maximum absolute atomic E-state index is 4.69. The van der Waals surface area contributed by atoms with Gasteiger partial charge in [0.05, 0.1) is 6.04 Å². The van der Waals surface area contributed by atoms with E-state index in [9.17, 15) is 0 Å². The summed E-state index contributed by atoms with van der Waals surface area (Å²) in [5.41, 5.74) is 0. The summed E-state index contributed by atoms with van der Waals surface area (Å²) in [6.07, 6.45) is 1.30. The van der Waals surface area contributed by atoms with Crippen LogP contribution in [0.3, 0.4) is 0 Å². The van der Waals surface area contributed by atoms with Gasteiger partial charge in [-0.3, -0.25) is 4.99 Å². The highest BCUT2D eigenvalue weighted by Gasteiger charge is 2.22. The Balaban J connectivity index is 1.88. The topological polar surface area (TPSA) is 24.4 Å². The average molecular weight is 230 g/mol. The van der Waals surface area contributed by atoms with Gasteiger partial charge in [-0.15, -0.1) is 0 Å². The first-order valence-electron chi connectivity index (χ1n) is 5.30. The van der Waals surface area contributed by atoms with Gasteiger partial charge in [0.1, 0.15) is 0 Å². The van der Waals surface area contributed by atoms with E-state index in [-0.39, 0.29) is 0 Å². The van der Waals surface area contributed by atoms with Crippen LogP contribution in [-0.2, 0) is 0 Å². The Labute approximate surface area is 94.7 Å². The summed E-state index contributed by atoms with van der Waals surface area (Å²) in [6.45, 7) is 4.50. The quantitative estimate of drug-likeness (QED) is 0.747. The largest absolute Gasteiger partial charge is 0.361 e. The fraction of sp³-hybridized carbons (Fsp3) is 0.900. The van der Waals surface area contributed by atoms with Gasteiger partial charge in [0.25, 0.3) is 0 Å². The molecule has 3 atom stereocenters. The van der Waals surface area contributed by atoms with E-state index in [2.05, 4.69) is 24.2 Å². The van der Waals surface area contributed by atoms with E-state index in [1.165, 1.54) is 28.8 Å².